The molecule has 14 heteroatoms. The molecular weight excluding hydrogens is 600 g/mol. The fourth-order valence-corrected chi connectivity index (χ4v) is 5.62. The van der Waals surface area contributed by atoms with E-state index in [1.165, 1.54) is 21.6 Å². The van der Waals surface area contributed by atoms with Gasteiger partial charge in [0.1, 0.15) is 23.8 Å². The predicted molar refractivity (Wildman–Crippen MR) is 167 cm³/mol. The summed E-state index contributed by atoms with van der Waals surface area (Å²) in [6.07, 6.45) is 1.13. The van der Waals surface area contributed by atoms with E-state index in [1.54, 1.807) is 71.7 Å². The first-order valence-corrected chi connectivity index (χ1v) is 14.7. The highest BCUT2D eigenvalue weighted by molar-refractivity contribution is 6.06. The summed E-state index contributed by atoms with van der Waals surface area (Å²) in [7, 11) is 2.82. The first kappa shape index (κ1) is 32.4. The van der Waals surface area contributed by atoms with Gasteiger partial charge in [0.2, 0.25) is 0 Å². The zero-order chi connectivity index (χ0) is 33.7. The predicted octanol–water partition coefficient (Wildman–Crippen LogP) is 5.72. The lowest BCUT2D eigenvalue weighted by molar-refractivity contribution is -0.138. The number of methoxy groups -OCH3 is 1. The fraction of sp³-hybridized carbons (Fsp3) is 0.406. The van der Waals surface area contributed by atoms with Crippen molar-refractivity contribution in [1.29, 1.82) is 0 Å². The largest absolute Gasteiger partial charge is 0.468 e. The van der Waals surface area contributed by atoms with Gasteiger partial charge in [-0.2, -0.15) is 10.2 Å². The summed E-state index contributed by atoms with van der Waals surface area (Å²) >= 11 is 0. The summed E-state index contributed by atoms with van der Waals surface area (Å²) in [6, 6.07) is 4.68. The number of carbonyl (C=O) groups is 3. The maximum absolute atomic E-state index is 15.9. The number of aromatic nitrogens is 4. The van der Waals surface area contributed by atoms with Crippen LogP contribution in [0.3, 0.4) is 0 Å². The number of hydrogen-bond donors (Lipinski definition) is 1. The Kier molecular flexibility index (Phi) is 8.49. The van der Waals surface area contributed by atoms with Crippen LogP contribution in [0.5, 0.6) is 0 Å². The molecule has 1 N–H and O–H groups in total. The fourth-order valence-electron chi connectivity index (χ4n) is 5.62. The van der Waals surface area contributed by atoms with Gasteiger partial charge in [-0.15, -0.1) is 0 Å². The zero-order valence-corrected chi connectivity index (χ0v) is 27.1. The highest BCUT2D eigenvalue weighted by atomic mass is 19.1. The second-order valence-corrected chi connectivity index (χ2v) is 12.3. The van der Waals surface area contributed by atoms with Crippen LogP contribution in [0.2, 0.25) is 0 Å². The van der Waals surface area contributed by atoms with Crippen LogP contribution in [-0.2, 0) is 27.7 Å². The number of fused-ring (bicyclic) bond motifs is 2. The number of ether oxygens (including phenoxy) is 2. The molecule has 244 valence electrons. The van der Waals surface area contributed by atoms with Crippen molar-refractivity contribution in [3.05, 3.63) is 64.5 Å². The third-order valence-corrected chi connectivity index (χ3v) is 7.89. The molecule has 5 rings (SSSR count). The monoisotopic (exact) mass is 637 g/mol. The quantitative estimate of drug-likeness (QED) is 0.278. The Hall–Kier alpha value is -5.01. The molecule has 4 aromatic rings. The van der Waals surface area contributed by atoms with Gasteiger partial charge in [0, 0.05) is 25.6 Å². The number of benzene rings is 2. The Morgan fingerprint density at radius 1 is 1.11 bits per heavy atom. The average Bonchev–Trinajstić information content (AvgIpc) is 3.55. The molecule has 46 heavy (non-hydrogen) atoms. The van der Waals surface area contributed by atoms with E-state index in [-0.39, 0.29) is 22.7 Å². The highest BCUT2D eigenvalue weighted by Crippen LogP contribution is 2.38. The summed E-state index contributed by atoms with van der Waals surface area (Å²) in [5.41, 5.74) is 1.88. The van der Waals surface area contributed by atoms with Gasteiger partial charge in [0.05, 0.1) is 47.3 Å². The molecule has 2 aromatic heterocycles. The van der Waals surface area contributed by atoms with Crippen LogP contribution in [0.15, 0.2) is 30.5 Å². The lowest BCUT2D eigenvalue weighted by Gasteiger charge is -2.35. The number of amides is 3. The Bertz CT molecular complexity index is 1840. The Balaban J connectivity index is 1.63. The Morgan fingerprint density at radius 3 is 2.41 bits per heavy atom. The van der Waals surface area contributed by atoms with Crippen molar-refractivity contribution in [2.75, 3.05) is 30.4 Å². The van der Waals surface area contributed by atoms with Crippen molar-refractivity contribution in [2.24, 2.45) is 7.05 Å². The van der Waals surface area contributed by atoms with Gasteiger partial charge in [-0.05, 0) is 76.9 Å². The van der Waals surface area contributed by atoms with Crippen LogP contribution in [0.1, 0.15) is 56.1 Å². The summed E-state index contributed by atoms with van der Waals surface area (Å²) < 4.78 is 43.9. The smallest absolute Gasteiger partial charge is 0.410 e. The molecule has 0 spiro atoms. The van der Waals surface area contributed by atoms with E-state index in [1.807, 2.05) is 0 Å². The summed E-state index contributed by atoms with van der Waals surface area (Å²) in [4.78, 5) is 42.3. The number of anilines is 2. The highest BCUT2D eigenvalue weighted by Gasteiger charge is 2.37. The molecule has 3 heterocycles. The van der Waals surface area contributed by atoms with Crippen molar-refractivity contribution >= 4 is 40.5 Å². The maximum atomic E-state index is 15.9. The van der Waals surface area contributed by atoms with E-state index >= 15 is 4.39 Å². The van der Waals surface area contributed by atoms with Crippen molar-refractivity contribution in [3.8, 4) is 5.69 Å². The molecular formula is C32H37F2N7O5. The summed E-state index contributed by atoms with van der Waals surface area (Å²) in [6.45, 7) is 10.0. The SMILES string of the molecule is COC(=O)CN(C(=O)Nc1c2c(nn1-c1cc(C)c(F)c(C)c1)CCN(C(=O)OC(C)(C)C)[C@H]2C)c1ccc2c(cnn2C)c1F. The molecule has 1 aliphatic rings. The van der Waals surface area contributed by atoms with Crippen molar-refractivity contribution in [1.82, 2.24) is 24.5 Å². The number of esters is 1. The van der Waals surface area contributed by atoms with E-state index in [2.05, 4.69) is 10.4 Å². The van der Waals surface area contributed by atoms with E-state index in [4.69, 9.17) is 14.6 Å². The van der Waals surface area contributed by atoms with Crippen LogP contribution in [0.25, 0.3) is 16.6 Å². The molecule has 0 unspecified atom stereocenters. The maximum Gasteiger partial charge on any atom is 0.410 e. The number of nitrogens with one attached hydrogen (secondary N) is 1. The van der Waals surface area contributed by atoms with Gasteiger partial charge >= 0.3 is 18.1 Å². The van der Waals surface area contributed by atoms with Crippen molar-refractivity contribution < 1.29 is 32.6 Å². The number of halogens is 2. The van der Waals surface area contributed by atoms with Crippen LogP contribution in [0, 0.1) is 25.5 Å². The standard InChI is InChI=1S/C32H37F2N7O5/c1-17-13-20(14-18(2)27(17)33)41-29(26-19(3)39(12-11-22(26)37-41)31(44)46-32(4,5)6)36-30(43)40(16-25(42)45-8)24-10-9-23-21(28(24)34)15-35-38(23)7/h9-10,13-15,19H,11-12,16H2,1-8H3,(H,36,43)/t19-/m0/s1. The van der Waals surface area contributed by atoms with Gasteiger partial charge in [-0.3, -0.25) is 19.7 Å². The number of aryl methyl sites for hydroxylation is 3. The molecule has 0 fully saturated rings. The Labute approximate surface area is 264 Å². The van der Waals surface area contributed by atoms with E-state index in [9.17, 15) is 18.8 Å². The second kappa shape index (κ2) is 12.1. The van der Waals surface area contributed by atoms with Gasteiger partial charge < -0.3 is 14.4 Å². The lowest BCUT2D eigenvalue weighted by Crippen LogP contribution is -2.43. The molecule has 1 aliphatic heterocycles. The van der Waals surface area contributed by atoms with Gasteiger partial charge in [-0.1, -0.05) is 0 Å². The summed E-state index contributed by atoms with van der Waals surface area (Å²) in [5, 5.41) is 11.9. The molecule has 0 saturated carbocycles. The van der Waals surface area contributed by atoms with Crippen LogP contribution in [0.4, 0.5) is 29.9 Å². The van der Waals surface area contributed by atoms with E-state index in [0.29, 0.717) is 46.6 Å². The number of carbonyl (C=O) groups excluding carboxylic acids is 3. The zero-order valence-electron chi connectivity index (χ0n) is 27.1. The number of nitrogens with zero attached hydrogens (tertiary/aromatic N) is 6. The van der Waals surface area contributed by atoms with E-state index in [0.717, 1.165) is 12.0 Å². The summed E-state index contributed by atoms with van der Waals surface area (Å²) in [5.74, 6) is -1.75. The first-order chi connectivity index (χ1) is 21.6. The third kappa shape index (κ3) is 5.98. The van der Waals surface area contributed by atoms with E-state index < -0.39 is 42.1 Å². The molecule has 12 nitrogen and oxygen atoms in total. The molecule has 1 atom stereocenters. The minimum absolute atomic E-state index is 0.156. The van der Waals surface area contributed by atoms with Crippen molar-refractivity contribution in [2.45, 2.75) is 59.6 Å². The van der Waals surface area contributed by atoms with Gasteiger partial charge in [-0.25, -0.2) is 23.1 Å². The van der Waals surface area contributed by atoms with Crippen LogP contribution in [-0.4, -0.2) is 68.4 Å². The van der Waals surface area contributed by atoms with Gasteiger partial charge in [0.25, 0.3) is 0 Å². The van der Waals surface area contributed by atoms with Crippen molar-refractivity contribution in [3.63, 3.8) is 0 Å². The molecule has 0 radical (unpaired) electrons. The topological polar surface area (TPSA) is 124 Å². The normalized spacial score (nSPS) is 14.7. The van der Waals surface area contributed by atoms with Crippen LogP contribution >= 0.6 is 0 Å². The molecule has 0 saturated heterocycles. The lowest BCUT2D eigenvalue weighted by atomic mass is 10.00. The first-order valence-electron chi connectivity index (χ1n) is 14.7. The minimum atomic E-state index is -0.867. The minimum Gasteiger partial charge on any atom is -0.468 e. The van der Waals surface area contributed by atoms with Crippen LogP contribution < -0.4 is 10.2 Å². The Morgan fingerprint density at radius 2 is 1.78 bits per heavy atom. The average molecular weight is 638 g/mol. The number of rotatable bonds is 5. The van der Waals surface area contributed by atoms with Gasteiger partial charge in [0.15, 0.2) is 5.82 Å². The molecule has 0 aliphatic carbocycles. The third-order valence-electron chi connectivity index (χ3n) is 7.89. The molecule has 2 aromatic carbocycles. The molecule has 3 amide bonds. The number of urea groups is 1. The second-order valence-electron chi connectivity index (χ2n) is 12.3. The number of hydrogen-bond acceptors (Lipinski definition) is 7. The molecule has 0 bridgehead atoms.